The average molecular weight is 365 g/mol. The molecule has 0 saturated carbocycles. The highest BCUT2D eigenvalue weighted by molar-refractivity contribution is 7.11. The first kappa shape index (κ1) is 17.2. The van der Waals surface area contributed by atoms with Crippen LogP contribution >= 0.6 is 11.3 Å². The first-order valence-electron chi connectivity index (χ1n) is 8.96. The molecule has 4 aromatic rings. The van der Waals surface area contributed by atoms with E-state index in [2.05, 4.69) is 57.1 Å². The largest absolute Gasteiger partial charge is 0.466 e. The van der Waals surface area contributed by atoms with Gasteiger partial charge in [0.1, 0.15) is 17.5 Å². The molecule has 3 nitrogen and oxygen atoms in total. The number of thiophene rings is 1. The molecule has 0 aromatic carbocycles. The number of rotatable bonds is 3. The third kappa shape index (κ3) is 2.92. The number of furan rings is 1. The SMILES string of the molecule is CC(C)(C)c1scc2ccc(CC(C)(C)c3occ4cccnc34)nc12. The molecule has 0 amide bonds. The normalized spacial score (nSPS) is 13.0. The first-order valence-corrected chi connectivity index (χ1v) is 9.84. The van der Waals surface area contributed by atoms with Gasteiger partial charge in [-0.2, -0.15) is 0 Å². The smallest absolute Gasteiger partial charge is 0.135 e. The van der Waals surface area contributed by atoms with Crippen molar-refractivity contribution in [2.24, 2.45) is 0 Å². The monoisotopic (exact) mass is 364 g/mol. The van der Waals surface area contributed by atoms with Crippen LogP contribution in [0.15, 0.2) is 46.5 Å². The molecule has 0 aliphatic rings. The molecular formula is C22H24N2OS. The van der Waals surface area contributed by atoms with Crippen molar-refractivity contribution in [3.63, 3.8) is 0 Å². The van der Waals surface area contributed by atoms with E-state index in [4.69, 9.17) is 9.40 Å². The van der Waals surface area contributed by atoms with Crippen LogP contribution in [-0.4, -0.2) is 9.97 Å². The molecule has 0 saturated heterocycles. The second-order valence-corrected chi connectivity index (χ2v) is 9.50. The molecule has 0 bridgehead atoms. The molecule has 0 unspecified atom stereocenters. The fourth-order valence-corrected chi connectivity index (χ4v) is 4.55. The van der Waals surface area contributed by atoms with Crippen LogP contribution in [-0.2, 0) is 17.3 Å². The van der Waals surface area contributed by atoms with Crippen molar-refractivity contribution in [1.82, 2.24) is 9.97 Å². The van der Waals surface area contributed by atoms with Crippen LogP contribution in [0.2, 0.25) is 0 Å². The Morgan fingerprint density at radius 2 is 1.81 bits per heavy atom. The predicted molar refractivity (Wildman–Crippen MR) is 109 cm³/mol. The Hall–Kier alpha value is -2.20. The fraction of sp³-hybridized carbons (Fsp3) is 0.364. The number of hydrogen-bond acceptors (Lipinski definition) is 4. The van der Waals surface area contributed by atoms with Crippen molar-refractivity contribution in [3.05, 3.63) is 58.4 Å². The second-order valence-electron chi connectivity index (χ2n) is 8.62. The Balaban J connectivity index is 1.74. The number of pyridine rings is 2. The van der Waals surface area contributed by atoms with E-state index in [1.165, 1.54) is 10.3 Å². The molecule has 134 valence electrons. The lowest BCUT2D eigenvalue weighted by Crippen LogP contribution is -2.21. The summed E-state index contributed by atoms with van der Waals surface area (Å²) in [4.78, 5) is 10.9. The lowest BCUT2D eigenvalue weighted by molar-refractivity contribution is 0.384. The summed E-state index contributed by atoms with van der Waals surface area (Å²) in [6.45, 7) is 11.1. The molecule has 0 fully saturated rings. The van der Waals surface area contributed by atoms with Gasteiger partial charge in [-0.1, -0.05) is 40.7 Å². The maximum absolute atomic E-state index is 5.91. The summed E-state index contributed by atoms with van der Waals surface area (Å²) in [5.74, 6) is 0.927. The van der Waals surface area contributed by atoms with Gasteiger partial charge in [-0.25, -0.2) is 0 Å². The van der Waals surface area contributed by atoms with Crippen molar-refractivity contribution >= 4 is 33.1 Å². The molecule has 0 aliphatic heterocycles. The minimum atomic E-state index is -0.186. The van der Waals surface area contributed by atoms with Crippen molar-refractivity contribution in [2.45, 2.75) is 51.9 Å². The summed E-state index contributed by atoms with van der Waals surface area (Å²) in [5.41, 5.74) is 3.10. The number of aromatic nitrogens is 2. The van der Waals surface area contributed by atoms with Gasteiger partial charge in [0.2, 0.25) is 0 Å². The highest BCUT2D eigenvalue weighted by Crippen LogP contribution is 2.36. The summed E-state index contributed by atoms with van der Waals surface area (Å²) in [7, 11) is 0. The van der Waals surface area contributed by atoms with E-state index >= 15 is 0 Å². The highest BCUT2D eigenvalue weighted by Gasteiger charge is 2.29. The molecular weight excluding hydrogens is 340 g/mol. The van der Waals surface area contributed by atoms with Crippen LogP contribution < -0.4 is 0 Å². The van der Waals surface area contributed by atoms with Gasteiger partial charge in [-0.15, -0.1) is 11.3 Å². The molecule has 0 spiro atoms. The molecule has 0 atom stereocenters. The summed E-state index contributed by atoms with van der Waals surface area (Å²) >= 11 is 1.81. The molecule has 26 heavy (non-hydrogen) atoms. The van der Waals surface area contributed by atoms with Gasteiger partial charge in [0.05, 0.1) is 5.52 Å². The number of hydrogen-bond donors (Lipinski definition) is 0. The maximum atomic E-state index is 5.91. The average Bonchev–Trinajstić information content (AvgIpc) is 3.18. The fourth-order valence-electron chi connectivity index (χ4n) is 3.49. The van der Waals surface area contributed by atoms with Gasteiger partial charge in [0.25, 0.3) is 0 Å². The first-order chi connectivity index (χ1) is 12.3. The predicted octanol–water partition coefficient (Wildman–Crippen LogP) is 6.26. The molecule has 0 N–H and O–H groups in total. The number of fused-ring (bicyclic) bond motifs is 2. The van der Waals surface area contributed by atoms with Gasteiger partial charge in [0, 0.05) is 44.8 Å². The van der Waals surface area contributed by atoms with Gasteiger partial charge < -0.3 is 4.42 Å². The van der Waals surface area contributed by atoms with E-state index in [-0.39, 0.29) is 10.8 Å². The summed E-state index contributed by atoms with van der Waals surface area (Å²) in [6.07, 6.45) is 4.43. The van der Waals surface area contributed by atoms with Gasteiger partial charge in [0.15, 0.2) is 0 Å². The Morgan fingerprint density at radius 1 is 1.00 bits per heavy atom. The van der Waals surface area contributed by atoms with E-state index in [0.717, 1.165) is 34.3 Å². The van der Waals surface area contributed by atoms with Crippen molar-refractivity contribution in [3.8, 4) is 0 Å². The van der Waals surface area contributed by atoms with Crippen LogP contribution in [0.5, 0.6) is 0 Å². The Bertz CT molecular complexity index is 1080. The van der Waals surface area contributed by atoms with Crippen LogP contribution in [0.1, 0.15) is 51.0 Å². The van der Waals surface area contributed by atoms with Crippen molar-refractivity contribution in [1.29, 1.82) is 0 Å². The zero-order chi connectivity index (χ0) is 18.5. The molecule has 4 heterocycles. The van der Waals surface area contributed by atoms with E-state index in [9.17, 15) is 0 Å². The van der Waals surface area contributed by atoms with E-state index in [0.29, 0.717) is 0 Å². The van der Waals surface area contributed by atoms with Crippen molar-refractivity contribution in [2.75, 3.05) is 0 Å². The van der Waals surface area contributed by atoms with E-state index < -0.39 is 0 Å². The van der Waals surface area contributed by atoms with Crippen molar-refractivity contribution < 1.29 is 4.42 Å². The zero-order valence-electron chi connectivity index (χ0n) is 16.0. The Kier molecular flexibility index (Phi) is 3.92. The van der Waals surface area contributed by atoms with Gasteiger partial charge in [-0.05, 0) is 23.6 Å². The van der Waals surface area contributed by atoms with Gasteiger partial charge in [-0.3, -0.25) is 9.97 Å². The number of nitrogens with zero attached hydrogens (tertiary/aromatic N) is 2. The Morgan fingerprint density at radius 3 is 2.58 bits per heavy atom. The van der Waals surface area contributed by atoms with E-state index in [1.54, 1.807) is 17.6 Å². The quantitative estimate of drug-likeness (QED) is 0.431. The maximum Gasteiger partial charge on any atom is 0.135 e. The van der Waals surface area contributed by atoms with Crippen LogP contribution in [0.25, 0.3) is 21.8 Å². The topological polar surface area (TPSA) is 38.9 Å². The summed E-state index contributed by atoms with van der Waals surface area (Å²) in [6, 6.07) is 8.31. The highest BCUT2D eigenvalue weighted by atomic mass is 32.1. The summed E-state index contributed by atoms with van der Waals surface area (Å²) < 4.78 is 5.91. The third-order valence-electron chi connectivity index (χ3n) is 4.78. The molecule has 0 aliphatic carbocycles. The van der Waals surface area contributed by atoms with Crippen LogP contribution in [0.3, 0.4) is 0 Å². The minimum Gasteiger partial charge on any atom is -0.466 e. The molecule has 4 heteroatoms. The lowest BCUT2D eigenvalue weighted by atomic mass is 9.84. The summed E-state index contributed by atoms with van der Waals surface area (Å²) in [5, 5.41) is 4.49. The molecule has 4 aromatic heterocycles. The molecule has 4 rings (SSSR count). The standard InChI is InChI=1S/C22H24N2OS/c1-21(2,3)20-18-15(13-26-20)8-9-16(24-18)11-22(4,5)19-17-14(12-25-19)7-6-10-23-17/h6-10,12-13H,11H2,1-5H3. The lowest BCUT2D eigenvalue weighted by Gasteiger charge is -2.22. The molecule has 0 radical (unpaired) electrons. The minimum absolute atomic E-state index is 0.106. The third-order valence-corrected chi connectivity index (χ3v) is 6.19. The van der Waals surface area contributed by atoms with Gasteiger partial charge >= 0.3 is 0 Å². The van der Waals surface area contributed by atoms with Crippen LogP contribution in [0.4, 0.5) is 0 Å². The van der Waals surface area contributed by atoms with Crippen LogP contribution in [0, 0.1) is 0 Å². The van der Waals surface area contributed by atoms with E-state index in [1.807, 2.05) is 18.3 Å². The second kappa shape index (κ2) is 5.92. The zero-order valence-corrected chi connectivity index (χ0v) is 16.8. The Labute approximate surface area is 158 Å².